The number of nitrogens with zero attached hydrogens (tertiary/aromatic N) is 3. The lowest BCUT2D eigenvalue weighted by Gasteiger charge is -2.41. The van der Waals surface area contributed by atoms with E-state index < -0.39 is 12.0 Å². The van der Waals surface area contributed by atoms with Crippen LogP contribution in [0.1, 0.15) is 39.3 Å². The molecule has 2 heterocycles. The van der Waals surface area contributed by atoms with Crippen LogP contribution in [0.15, 0.2) is 54.6 Å². The average Bonchev–Trinajstić information content (AvgIpc) is 3.15. The largest absolute Gasteiger partial charge is 0.497 e. The van der Waals surface area contributed by atoms with Gasteiger partial charge in [-0.2, -0.15) is 5.10 Å². The van der Waals surface area contributed by atoms with Gasteiger partial charge in [0.1, 0.15) is 5.75 Å². The SMILES string of the molecule is COCCN1C(=O)c2ccccc2C(C(=O)Nc2cccc(OC)c2)C1c1cc(C)nn1C. The molecule has 172 valence electrons. The van der Waals surface area contributed by atoms with Crippen LogP contribution < -0.4 is 10.1 Å². The van der Waals surface area contributed by atoms with E-state index in [2.05, 4.69) is 10.4 Å². The number of carbonyl (C=O) groups excluding carboxylic acids is 2. The molecular weight excluding hydrogens is 420 g/mol. The highest BCUT2D eigenvalue weighted by Crippen LogP contribution is 2.43. The highest BCUT2D eigenvalue weighted by atomic mass is 16.5. The Kier molecular flexibility index (Phi) is 6.46. The van der Waals surface area contributed by atoms with E-state index in [4.69, 9.17) is 9.47 Å². The summed E-state index contributed by atoms with van der Waals surface area (Å²) in [4.78, 5) is 29.1. The number of ether oxygens (including phenoxy) is 2. The van der Waals surface area contributed by atoms with Gasteiger partial charge in [0.15, 0.2) is 0 Å². The Morgan fingerprint density at radius 1 is 1.12 bits per heavy atom. The van der Waals surface area contributed by atoms with Gasteiger partial charge in [0.05, 0.1) is 37.1 Å². The molecule has 0 bridgehead atoms. The quantitative estimate of drug-likeness (QED) is 0.599. The summed E-state index contributed by atoms with van der Waals surface area (Å²) in [6.07, 6.45) is 0. The predicted molar refractivity (Wildman–Crippen MR) is 124 cm³/mol. The molecule has 2 atom stereocenters. The van der Waals surface area contributed by atoms with Crippen LogP contribution in [0.3, 0.4) is 0 Å². The molecule has 8 heteroatoms. The first-order valence-corrected chi connectivity index (χ1v) is 10.8. The maximum absolute atomic E-state index is 13.8. The normalized spacial score (nSPS) is 17.6. The Bertz CT molecular complexity index is 1170. The van der Waals surface area contributed by atoms with Crippen LogP contribution in [-0.4, -0.2) is 53.9 Å². The zero-order valence-electron chi connectivity index (χ0n) is 19.2. The Balaban J connectivity index is 1.83. The number of nitrogens with one attached hydrogen (secondary N) is 1. The van der Waals surface area contributed by atoms with Gasteiger partial charge in [-0.1, -0.05) is 24.3 Å². The second kappa shape index (κ2) is 9.46. The number of methoxy groups -OCH3 is 2. The number of rotatable bonds is 7. The first-order chi connectivity index (χ1) is 15.9. The van der Waals surface area contributed by atoms with Crippen molar-refractivity contribution in [1.82, 2.24) is 14.7 Å². The van der Waals surface area contributed by atoms with Crippen molar-refractivity contribution in [2.45, 2.75) is 18.9 Å². The first kappa shape index (κ1) is 22.5. The van der Waals surface area contributed by atoms with Gasteiger partial charge >= 0.3 is 0 Å². The molecule has 2 amide bonds. The molecular formula is C25H28N4O4. The fraction of sp³-hybridized carbons (Fsp3) is 0.320. The van der Waals surface area contributed by atoms with Crippen LogP contribution in [0.4, 0.5) is 5.69 Å². The lowest BCUT2D eigenvalue weighted by atomic mass is 9.80. The molecule has 2 aromatic carbocycles. The fourth-order valence-corrected chi connectivity index (χ4v) is 4.47. The Morgan fingerprint density at radius 3 is 2.61 bits per heavy atom. The molecule has 1 aliphatic heterocycles. The summed E-state index contributed by atoms with van der Waals surface area (Å²) in [5.41, 5.74) is 3.45. The number of hydrogen-bond donors (Lipinski definition) is 1. The fourth-order valence-electron chi connectivity index (χ4n) is 4.47. The molecule has 0 saturated heterocycles. The number of fused-ring (bicyclic) bond motifs is 1. The minimum absolute atomic E-state index is 0.128. The van der Waals surface area contributed by atoms with Crippen molar-refractivity contribution in [2.24, 2.45) is 7.05 Å². The molecule has 0 fully saturated rings. The average molecular weight is 449 g/mol. The maximum Gasteiger partial charge on any atom is 0.254 e. The molecule has 33 heavy (non-hydrogen) atoms. The van der Waals surface area contributed by atoms with E-state index in [0.717, 1.165) is 11.4 Å². The lowest BCUT2D eigenvalue weighted by Crippen LogP contribution is -2.47. The molecule has 2 unspecified atom stereocenters. The lowest BCUT2D eigenvalue weighted by molar-refractivity contribution is -0.119. The van der Waals surface area contributed by atoms with E-state index in [9.17, 15) is 9.59 Å². The molecule has 3 aromatic rings. The number of carbonyl (C=O) groups is 2. The van der Waals surface area contributed by atoms with Gasteiger partial charge in [0, 0.05) is 38.0 Å². The van der Waals surface area contributed by atoms with Crippen molar-refractivity contribution >= 4 is 17.5 Å². The van der Waals surface area contributed by atoms with E-state index in [1.807, 2.05) is 56.4 Å². The van der Waals surface area contributed by atoms with Crippen LogP contribution in [0.5, 0.6) is 5.75 Å². The topological polar surface area (TPSA) is 85.7 Å². The summed E-state index contributed by atoms with van der Waals surface area (Å²) >= 11 is 0. The summed E-state index contributed by atoms with van der Waals surface area (Å²) in [7, 11) is 5.01. The third-order valence-electron chi connectivity index (χ3n) is 5.94. The number of amides is 2. The van der Waals surface area contributed by atoms with Crippen molar-refractivity contribution in [3.05, 3.63) is 77.1 Å². The number of anilines is 1. The zero-order chi connectivity index (χ0) is 23.5. The third kappa shape index (κ3) is 4.34. The zero-order valence-corrected chi connectivity index (χ0v) is 19.2. The van der Waals surface area contributed by atoms with Gasteiger partial charge in [-0.25, -0.2) is 0 Å². The maximum atomic E-state index is 13.8. The van der Waals surface area contributed by atoms with Crippen molar-refractivity contribution < 1.29 is 19.1 Å². The minimum Gasteiger partial charge on any atom is -0.497 e. The van der Waals surface area contributed by atoms with Crippen LogP contribution >= 0.6 is 0 Å². The summed E-state index contributed by atoms with van der Waals surface area (Å²) in [5.74, 6) is -0.337. The highest BCUT2D eigenvalue weighted by molar-refractivity contribution is 6.04. The van der Waals surface area contributed by atoms with Gasteiger partial charge in [0.2, 0.25) is 5.91 Å². The third-order valence-corrected chi connectivity index (χ3v) is 5.94. The van der Waals surface area contributed by atoms with Crippen molar-refractivity contribution in [3.8, 4) is 5.75 Å². The van der Waals surface area contributed by atoms with E-state index in [1.54, 1.807) is 35.9 Å². The van der Waals surface area contributed by atoms with Crippen molar-refractivity contribution in [1.29, 1.82) is 0 Å². The Labute approximate surface area is 193 Å². The summed E-state index contributed by atoms with van der Waals surface area (Å²) < 4.78 is 12.3. The van der Waals surface area contributed by atoms with Crippen LogP contribution in [0, 0.1) is 6.92 Å². The molecule has 8 nitrogen and oxygen atoms in total. The van der Waals surface area contributed by atoms with Gasteiger partial charge in [-0.3, -0.25) is 14.3 Å². The number of aryl methyl sites for hydroxylation is 2. The molecule has 0 saturated carbocycles. The van der Waals surface area contributed by atoms with Gasteiger partial charge in [-0.15, -0.1) is 0 Å². The monoisotopic (exact) mass is 448 g/mol. The smallest absolute Gasteiger partial charge is 0.254 e. The summed E-state index contributed by atoms with van der Waals surface area (Å²) in [6.45, 7) is 2.60. The molecule has 0 aliphatic carbocycles. The van der Waals surface area contributed by atoms with Crippen molar-refractivity contribution in [2.75, 3.05) is 32.7 Å². The molecule has 0 spiro atoms. The van der Waals surface area contributed by atoms with Crippen LogP contribution in [0.25, 0.3) is 0 Å². The van der Waals surface area contributed by atoms with E-state index >= 15 is 0 Å². The molecule has 4 rings (SSSR count). The second-order valence-electron chi connectivity index (χ2n) is 8.06. The molecule has 1 N–H and O–H groups in total. The number of aromatic nitrogens is 2. The second-order valence-corrected chi connectivity index (χ2v) is 8.06. The summed E-state index contributed by atoms with van der Waals surface area (Å²) in [6, 6.07) is 15.9. The van der Waals surface area contributed by atoms with E-state index in [0.29, 0.717) is 35.7 Å². The van der Waals surface area contributed by atoms with Crippen LogP contribution in [-0.2, 0) is 16.6 Å². The van der Waals surface area contributed by atoms with Crippen molar-refractivity contribution in [3.63, 3.8) is 0 Å². The summed E-state index contributed by atoms with van der Waals surface area (Å²) in [5, 5.41) is 7.51. The minimum atomic E-state index is -0.642. The number of benzene rings is 2. The Hall–Kier alpha value is -3.65. The molecule has 1 aromatic heterocycles. The first-order valence-electron chi connectivity index (χ1n) is 10.8. The molecule has 0 radical (unpaired) electrons. The van der Waals surface area contributed by atoms with Gasteiger partial charge in [-0.05, 0) is 36.8 Å². The number of hydrogen-bond acceptors (Lipinski definition) is 5. The van der Waals surface area contributed by atoms with Gasteiger partial charge < -0.3 is 19.7 Å². The van der Waals surface area contributed by atoms with E-state index in [-0.39, 0.29) is 11.8 Å². The van der Waals surface area contributed by atoms with Gasteiger partial charge in [0.25, 0.3) is 5.91 Å². The van der Waals surface area contributed by atoms with E-state index in [1.165, 1.54) is 0 Å². The Morgan fingerprint density at radius 2 is 1.91 bits per heavy atom. The predicted octanol–water partition coefficient (Wildman–Crippen LogP) is 3.30. The van der Waals surface area contributed by atoms with Crippen LogP contribution in [0.2, 0.25) is 0 Å². The molecule has 1 aliphatic rings. The highest BCUT2D eigenvalue weighted by Gasteiger charge is 2.45. The standard InChI is InChI=1S/C25H28N4O4/c1-16-14-21(28(2)27-16)23-22(24(30)26-17-8-7-9-18(15-17)33-4)19-10-5-6-11-20(19)25(31)29(23)12-13-32-3/h5-11,14-15,22-23H,12-13H2,1-4H3,(H,26,30).